The van der Waals surface area contributed by atoms with Crippen LogP contribution in [0.3, 0.4) is 0 Å². The zero-order valence-corrected chi connectivity index (χ0v) is 11.7. The number of anilines is 1. The van der Waals surface area contributed by atoms with Gasteiger partial charge in [-0.2, -0.15) is 9.97 Å². The number of hydrogen-bond acceptors (Lipinski definition) is 4. The van der Waals surface area contributed by atoms with Crippen LogP contribution in [0.15, 0.2) is 36.5 Å². The smallest absolute Gasteiger partial charge is 0.233 e. The zero-order valence-electron chi connectivity index (χ0n) is 9.75. The number of nitrogens with zero attached hydrogens (tertiary/aromatic N) is 3. The van der Waals surface area contributed by atoms with Gasteiger partial charge in [0, 0.05) is 18.0 Å². The maximum absolute atomic E-state index is 5.90. The molecule has 96 valence electrons. The van der Waals surface area contributed by atoms with E-state index in [4.69, 9.17) is 22.1 Å². The lowest BCUT2D eigenvalue weighted by Gasteiger charge is -2.07. The second-order valence-corrected chi connectivity index (χ2v) is 4.83. The van der Waals surface area contributed by atoms with E-state index in [0.717, 1.165) is 5.39 Å². The van der Waals surface area contributed by atoms with Crippen LogP contribution in [-0.2, 0) is 0 Å². The summed E-state index contributed by atoms with van der Waals surface area (Å²) in [6.45, 7) is 0. The van der Waals surface area contributed by atoms with Crippen molar-refractivity contribution in [3.05, 3.63) is 41.8 Å². The Morgan fingerprint density at radius 2 is 2.11 bits per heavy atom. The second-order valence-electron chi connectivity index (χ2n) is 3.93. The van der Waals surface area contributed by atoms with Gasteiger partial charge in [-0.3, -0.25) is 0 Å². The Bertz CT molecular complexity index is 759. The number of fused-ring (bicyclic) bond motifs is 1. The Kier molecular flexibility index (Phi) is 3.01. The number of rotatable bonds is 2. The first-order valence-electron chi connectivity index (χ1n) is 5.46. The van der Waals surface area contributed by atoms with Gasteiger partial charge in [0.25, 0.3) is 0 Å². The van der Waals surface area contributed by atoms with Crippen LogP contribution in [0.2, 0.25) is 5.28 Å². The number of nitrogen functional groups attached to an aromatic ring is 1. The highest BCUT2D eigenvalue weighted by Gasteiger charge is 2.11. The molecule has 0 amide bonds. The van der Waals surface area contributed by atoms with Crippen molar-refractivity contribution >= 4 is 37.7 Å². The molecule has 3 aromatic rings. The lowest BCUT2D eigenvalue weighted by atomic mass is 10.3. The molecule has 0 saturated carbocycles. The average molecular weight is 293 g/mol. The topological polar surface area (TPSA) is 66.0 Å². The van der Waals surface area contributed by atoms with E-state index in [1.807, 2.05) is 18.3 Å². The monoisotopic (exact) mass is 292 g/mol. The summed E-state index contributed by atoms with van der Waals surface area (Å²) in [5, 5.41) is 0.913. The molecular formula is C12H10ClN4OP. The second kappa shape index (κ2) is 4.68. The number of halogens is 1. The third-order valence-electron chi connectivity index (χ3n) is 2.58. The van der Waals surface area contributed by atoms with Crippen LogP contribution in [0.1, 0.15) is 0 Å². The maximum atomic E-state index is 5.90. The van der Waals surface area contributed by atoms with Gasteiger partial charge in [0.2, 0.25) is 11.2 Å². The van der Waals surface area contributed by atoms with E-state index in [-0.39, 0.29) is 5.28 Å². The summed E-state index contributed by atoms with van der Waals surface area (Å²) in [6.07, 6.45) is 1.84. The Morgan fingerprint density at radius 3 is 2.89 bits per heavy atom. The maximum Gasteiger partial charge on any atom is 0.233 e. The average Bonchev–Trinajstić information content (AvgIpc) is 2.71. The fraction of sp³-hybridized carbons (Fsp3) is 0. The van der Waals surface area contributed by atoms with Crippen molar-refractivity contribution in [3.8, 4) is 11.6 Å². The number of nitrogens with two attached hydrogens (primary N) is 1. The molecule has 0 aliphatic carbocycles. The number of benzene rings is 1. The lowest BCUT2D eigenvalue weighted by molar-refractivity contribution is 0.468. The van der Waals surface area contributed by atoms with Gasteiger partial charge in [-0.05, 0) is 39.2 Å². The molecule has 1 atom stereocenters. The van der Waals surface area contributed by atoms with Gasteiger partial charge in [-0.1, -0.05) is 6.07 Å². The summed E-state index contributed by atoms with van der Waals surface area (Å²) in [7, 11) is 2.52. The van der Waals surface area contributed by atoms with Crippen molar-refractivity contribution in [2.75, 3.05) is 5.73 Å². The molecule has 0 saturated heterocycles. The first-order valence-corrected chi connectivity index (χ1v) is 6.36. The molecule has 1 unspecified atom stereocenters. The minimum atomic E-state index is 0.133. The Hall–Kier alpha value is -1.84. The van der Waals surface area contributed by atoms with Crippen LogP contribution in [0.25, 0.3) is 11.0 Å². The van der Waals surface area contributed by atoms with Crippen molar-refractivity contribution in [1.82, 2.24) is 14.3 Å². The summed E-state index contributed by atoms with van der Waals surface area (Å²) in [6, 6.07) is 8.98. The van der Waals surface area contributed by atoms with Crippen molar-refractivity contribution in [2.45, 2.75) is 0 Å². The molecule has 2 heterocycles. The summed E-state index contributed by atoms with van der Waals surface area (Å²) < 4.78 is 7.50. The van der Waals surface area contributed by atoms with Crippen LogP contribution in [0.4, 0.5) is 5.69 Å². The van der Waals surface area contributed by atoms with E-state index < -0.39 is 0 Å². The largest absolute Gasteiger partial charge is 0.438 e. The third kappa shape index (κ3) is 2.35. The third-order valence-corrected chi connectivity index (χ3v) is 3.17. The predicted octanol–water partition coefficient (Wildman–Crippen LogP) is 3.10. The van der Waals surface area contributed by atoms with Crippen LogP contribution in [0, 0.1) is 0 Å². The first-order chi connectivity index (χ1) is 9.13. The van der Waals surface area contributed by atoms with Gasteiger partial charge in [-0.15, -0.1) is 0 Å². The molecule has 19 heavy (non-hydrogen) atoms. The first kappa shape index (κ1) is 12.2. The van der Waals surface area contributed by atoms with Crippen LogP contribution in [-0.4, -0.2) is 14.3 Å². The Balaban J connectivity index is 2.10. The molecule has 3 rings (SSSR count). The normalized spacial score (nSPS) is 10.8. The van der Waals surface area contributed by atoms with E-state index in [9.17, 15) is 0 Å². The molecule has 0 aliphatic heterocycles. The van der Waals surface area contributed by atoms with E-state index in [0.29, 0.717) is 23.0 Å². The quantitative estimate of drug-likeness (QED) is 0.448. The van der Waals surface area contributed by atoms with E-state index >= 15 is 0 Å². The van der Waals surface area contributed by atoms with Crippen LogP contribution >= 0.6 is 21.0 Å². The number of hydrogen-bond donors (Lipinski definition) is 1. The molecule has 7 heteroatoms. The molecule has 5 nitrogen and oxygen atoms in total. The fourth-order valence-corrected chi connectivity index (χ4v) is 2.19. The summed E-state index contributed by atoms with van der Waals surface area (Å²) in [4.78, 5) is 8.26. The van der Waals surface area contributed by atoms with E-state index in [2.05, 4.69) is 19.4 Å². The highest BCUT2D eigenvalue weighted by atomic mass is 35.5. The fourth-order valence-electron chi connectivity index (χ4n) is 1.75. The number of aromatic nitrogens is 3. The van der Waals surface area contributed by atoms with Gasteiger partial charge in [0.15, 0.2) is 5.65 Å². The van der Waals surface area contributed by atoms with Gasteiger partial charge < -0.3 is 14.8 Å². The van der Waals surface area contributed by atoms with Gasteiger partial charge in [0.1, 0.15) is 5.75 Å². The molecule has 2 N–H and O–H groups in total. The van der Waals surface area contributed by atoms with Crippen molar-refractivity contribution < 1.29 is 4.74 Å². The minimum absolute atomic E-state index is 0.133. The summed E-state index contributed by atoms with van der Waals surface area (Å²) in [5.74, 6) is 1.01. The van der Waals surface area contributed by atoms with Crippen molar-refractivity contribution in [1.29, 1.82) is 0 Å². The molecule has 0 fully saturated rings. The molecule has 0 aliphatic rings. The summed E-state index contributed by atoms with van der Waals surface area (Å²) in [5.41, 5.74) is 7.02. The molecule has 0 radical (unpaired) electrons. The van der Waals surface area contributed by atoms with Crippen LogP contribution in [0.5, 0.6) is 11.6 Å². The van der Waals surface area contributed by atoms with Gasteiger partial charge in [-0.25, -0.2) is 0 Å². The Morgan fingerprint density at radius 1 is 1.26 bits per heavy atom. The Labute approximate surface area is 116 Å². The minimum Gasteiger partial charge on any atom is -0.438 e. The lowest BCUT2D eigenvalue weighted by Crippen LogP contribution is -1.93. The zero-order chi connectivity index (χ0) is 13.4. The molecular weight excluding hydrogens is 283 g/mol. The molecule has 1 aromatic carbocycles. The van der Waals surface area contributed by atoms with Crippen LogP contribution < -0.4 is 10.5 Å². The van der Waals surface area contributed by atoms with Gasteiger partial charge >= 0.3 is 0 Å². The predicted molar refractivity (Wildman–Crippen MR) is 78.6 cm³/mol. The van der Waals surface area contributed by atoms with E-state index in [1.165, 1.54) is 0 Å². The molecule has 0 spiro atoms. The summed E-state index contributed by atoms with van der Waals surface area (Å²) >= 11 is 5.90. The highest BCUT2D eigenvalue weighted by molar-refractivity contribution is 7.14. The SMILES string of the molecule is Nc1cccc(Oc2nc(Cl)nc3c2ccn3P)c1. The van der Waals surface area contributed by atoms with Crippen molar-refractivity contribution in [3.63, 3.8) is 0 Å². The highest BCUT2D eigenvalue weighted by Crippen LogP contribution is 2.30. The molecule has 0 bridgehead atoms. The standard InChI is InChI=1S/C12H10ClN4OP/c13-12-15-10-9(4-5-17(10)19)11(16-12)18-8-3-1-2-7(14)6-8/h1-6H,14,19H2. The van der Waals surface area contributed by atoms with E-state index in [1.54, 1.807) is 22.5 Å². The van der Waals surface area contributed by atoms with Crippen molar-refractivity contribution in [2.24, 2.45) is 0 Å². The molecule has 2 aromatic heterocycles. The van der Waals surface area contributed by atoms with Gasteiger partial charge in [0.05, 0.1) is 5.39 Å². The number of ether oxygens (including phenoxy) is 1.